The molecule has 17 heavy (non-hydrogen) atoms. The van der Waals surface area contributed by atoms with Crippen molar-refractivity contribution in [2.45, 2.75) is 45.3 Å². The van der Waals surface area contributed by atoms with Crippen LogP contribution in [0.15, 0.2) is 4.79 Å². The van der Waals surface area contributed by atoms with Gasteiger partial charge in [0, 0.05) is 14.2 Å². The second kappa shape index (κ2) is 5.04. The van der Waals surface area contributed by atoms with Crippen molar-refractivity contribution in [1.82, 2.24) is 14.3 Å². The number of aromatic nitrogens is 3. The molecule has 1 unspecified atom stereocenters. The summed E-state index contributed by atoms with van der Waals surface area (Å²) in [6, 6.07) is 0. The van der Waals surface area contributed by atoms with Crippen LogP contribution in [0.3, 0.4) is 0 Å². The maximum absolute atomic E-state index is 11.9. The Labute approximate surface area is 101 Å². The molecule has 96 valence electrons. The van der Waals surface area contributed by atoms with Gasteiger partial charge in [-0.15, -0.1) is 0 Å². The lowest BCUT2D eigenvalue weighted by Crippen LogP contribution is -2.32. The zero-order valence-corrected chi connectivity index (χ0v) is 10.8. The van der Waals surface area contributed by atoms with Crippen molar-refractivity contribution in [3.8, 4) is 0 Å². The summed E-state index contributed by atoms with van der Waals surface area (Å²) in [5.41, 5.74) is -0.0532. The molecule has 0 saturated heterocycles. The molecule has 0 bridgehead atoms. The van der Waals surface area contributed by atoms with E-state index >= 15 is 0 Å². The van der Waals surface area contributed by atoms with Crippen LogP contribution in [-0.4, -0.2) is 27.6 Å². The second-order valence-corrected chi connectivity index (χ2v) is 4.88. The first-order chi connectivity index (χ1) is 8.13. The van der Waals surface area contributed by atoms with Crippen molar-refractivity contribution in [3.63, 3.8) is 0 Å². The lowest BCUT2D eigenvalue weighted by atomic mass is 10.0. The summed E-state index contributed by atoms with van der Waals surface area (Å²) in [5, 5.41) is 4.14. The third kappa shape index (κ3) is 2.44. The lowest BCUT2D eigenvalue weighted by molar-refractivity contribution is 0.0395. The van der Waals surface area contributed by atoms with E-state index in [9.17, 15) is 4.79 Å². The first-order valence-corrected chi connectivity index (χ1v) is 6.26. The van der Waals surface area contributed by atoms with Crippen molar-refractivity contribution in [2.75, 3.05) is 7.11 Å². The van der Waals surface area contributed by atoms with E-state index in [0.717, 1.165) is 5.82 Å². The molecule has 0 radical (unpaired) electrons. The normalized spacial score (nSPS) is 18.8. The van der Waals surface area contributed by atoms with E-state index in [4.69, 9.17) is 4.74 Å². The van der Waals surface area contributed by atoms with Crippen LogP contribution in [0.1, 0.15) is 31.5 Å². The number of rotatable bonds is 4. The fraction of sp³-hybridized carbons (Fsp3) is 0.833. The zero-order chi connectivity index (χ0) is 12.4. The smallest absolute Gasteiger partial charge is 0.345 e. The molecule has 0 aromatic carbocycles. The molecule has 5 nitrogen and oxygen atoms in total. The van der Waals surface area contributed by atoms with Crippen LogP contribution in [0, 0.1) is 12.8 Å². The molecule has 0 N–H and O–H groups in total. The summed E-state index contributed by atoms with van der Waals surface area (Å²) in [4.78, 5) is 11.9. The van der Waals surface area contributed by atoms with Gasteiger partial charge < -0.3 is 4.74 Å². The van der Waals surface area contributed by atoms with E-state index in [1.165, 1.54) is 30.4 Å². The van der Waals surface area contributed by atoms with Gasteiger partial charge in [-0.25, -0.2) is 9.48 Å². The molecular formula is C12H21N3O2. The average molecular weight is 239 g/mol. The quantitative estimate of drug-likeness (QED) is 0.790. The topological polar surface area (TPSA) is 49.0 Å². The molecule has 1 aliphatic carbocycles. The highest BCUT2D eigenvalue weighted by molar-refractivity contribution is 4.86. The minimum absolute atomic E-state index is 0.0532. The second-order valence-electron chi connectivity index (χ2n) is 4.88. The van der Waals surface area contributed by atoms with Gasteiger partial charge in [0.2, 0.25) is 0 Å². The van der Waals surface area contributed by atoms with E-state index < -0.39 is 0 Å². The Balaban J connectivity index is 2.15. The Hall–Kier alpha value is -1.10. The maximum Gasteiger partial charge on any atom is 0.345 e. The van der Waals surface area contributed by atoms with E-state index in [2.05, 4.69) is 5.10 Å². The number of ether oxygens (including phenoxy) is 1. The molecule has 0 spiro atoms. The SMILES string of the molecule is COC(Cn1c(C)nn(C)c1=O)C1CCCC1. The fourth-order valence-electron chi connectivity index (χ4n) is 2.76. The van der Waals surface area contributed by atoms with Gasteiger partial charge in [-0.1, -0.05) is 12.8 Å². The zero-order valence-electron chi connectivity index (χ0n) is 10.8. The molecule has 1 saturated carbocycles. The highest BCUT2D eigenvalue weighted by Gasteiger charge is 2.26. The van der Waals surface area contributed by atoms with Gasteiger partial charge in [0.25, 0.3) is 0 Å². The van der Waals surface area contributed by atoms with Gasteiger partial charge in [-0.2, -0.15) is 5.10 Å². The van der Waals surface area contributed by atoms with Crippen LogP contribution in [0.2, 0.25) is 0 Å². The number of aryl methyl sites for hydroxylation is 2. The summed E-state index contributed by atoms with van der Waals surface area (Å²) in [6.45, 7) is 2.49. The highest BCUT2D eigenvalue weighted by Crippen LogP contribution is 2.29. The lowest BCUT2D eigenvalue weighted by Gasteiger charge is -2.22. The molecule has 1 fully saturated rings. The molecule has 1 aromatic heterocycles. The Morgan fingerprint density at radius 1 is 1.47 bits per heavy atom. The van der Waals surface area contributed by atoms with Crippen LogP contribution >= 0.6 is 0 Å². The molecule has 2 rings (SSSR count). The van der Waals surface area contributed by atoms with Crippen molar-refractivity contribution < 1.29 is 4.74 Å². The number of hydrogen-bond acceptors (Lipinski definition) is 3. The number of nitrogens with zero attached hydrogens (tertiary/aromatic N) is 3. The van der Waals surface area contributed by atoms with Crippen LogP contribution in [0.4, 0.5) is 0 Å². The van der Waals surface area contributed by atoms with Crippen molar-refractivity contribution in [1.29, 1.82) is 0 Å². The molecule has 0 aliphatic heterocycles. The predicted molar refractivity (Wildman–Crippen MR) is 65.0 cm³/mol. The molecule has 1 heterocycles. The largest absolute Gasteiger partial charge is 0.379 e. The molecule has 1 aliphatic rings. The van der Waals surface area contributed by atoms with E-state index in [0.29, 0.717) is 12.5 Å². The summed E-state index contributed by atoms with van der Waals surface area (Å²) < 4.78 is 8.66. The van der Waals surface area contributed by atoms with Gasteiger partial charge in [0.05, 0.1) is 12.6 Å². The number of hydrogen-bond donors (Lipinski definition) is 0. The third-order valence-electron chi connectivity index (χ3n) is 3.78. The molecule has 1 aromatic rings. The van der Waals surface area contributed by atoms with Gasteiger partial charge >= 0.3 is 5.69 Å². The van der Waals surface area contributed by atoms with Gasteiger partial charge in [0.15, 0.2) is 0 Å². The van der Waals surface area contributed by atoms with Crippen molar-refractivity contribution in [3.05, 3.63) is 16.3 Å². The first kappa shape index (κ1) is 12.4. The minimum atomic E-state index is -0.0532. The van der Waals surface area contributed by atoms with E-state index in [1.807, 2.05) is 6.92 Å². The van der Waals surface area contributed by atoms with Gasteiger partial charge in [-0.3, -0.25) is 4.57 Å². The van der Waals surface area contributed by atoms with Crippen molar-refractivity contribution >= 4 is 0 Å². The minimum Gasteiger partial charge on any atom is -0.379 e. The maximum atomic E-state index is 11.9. The Kier molecular flexibility index (Phi) is 3.66. The van der Waals surface area contributed by atoms with Gasteiger partial charge in [-0.05, 0) is 25.7 Å². The summed E-state index contributed by atoms with van der Waals surface area (Å²) >= 11 is 0. The standard InChI is InChI=1S/C12H21N3O2/c1-9-13-14(2)12(16)15(9)8-11(17-3)10-6-4-5-7-10/h10-11H,4-8H2,1-3H3. The highest BCUT2D eigenvalue weighted by atomic mass is 16.5. The Morgan fingerprint density at radius 2 is 2.12 bits per heavy atom. The number of methoxy groups -OCH3 is 1. The van der Waals surface area contributed by atoms with E-state index in [1.54, 1.807) is 18.7 Å². The Morgan fingerprint density at radius 3 is 2.59 bits per heavy atom. The van der Waals surface area contributed by atoms with Crippen LogP contribution in [0.5, 0.6) is 0 Å². The Bertz CT molecular complexity index is 429. The summed E-state index contributed by atoms with van der Waals surface area (Å²) in [7, 11) is 3.42. The van der Waals surface area contributed by atoms with E-state index in [-0.39, 0.29) is 11.8 Å². The molecule has 0 amide bonds. The van der Waals surface area contributed by atoms with Gasteiger partial charge in [0.1, 0.15) is 5.82 Å². The molecule has 1 atom stereocenters. The first-order valence-electron chi connectivity index (χ1n) is 6.26. The third-order valence-corrected chi connectivity index (χ3v) is 3.78. The van der Waals surface area contributed by atoms with Crippen LogP contribution in [-0.2, 0) is 18.3 Å². The van der Waals surface area contributed by atoms with Crippen LogP contribution < -0.4 is 5.69 Å². The summed E-state index contributed by atoms with van der Waals surface area (Å²) in [6.07, 6.45) is 5.13. The summed E-state index contributed by atoms with van der Waals surface area (Å²) in [5.74, 6) is 1.35. The predicted octanol–water partition coefficient (Wildman–Crippen LogP) is 1.10. The van der Waals surface area contributed by atoms with Crippen molar-refractivity contribution in [2.24, 2.45) is 13.0 Å². The fourth-order valence-corrected chi connectivity index (χ4v) is 2.76. The molecular weight excluding hydrogens is 218 g/mol. The van der Waals surface area contributed by atoms with Crippen LogP contribution in [0.25, 0.3) is 0 Å². The average Bonchev–Trinajstić information content (AvgIpc) is 2.89. The monoisotopic (exact) mass is 239 g/mol. The molecule has 5 heteroatoms.